The summed E-state index contributed by atoms with van der Waals surface area (Å²) in [5, 5.41) is 19.4. The van der Waals surface area contributed by atoms with Crippen molar-refractivity contribution in [1.29, 1.82) is 0 Å². The number of aliphatic hydroxyl groups excluding tert-OH is 1. The van der Waals surface area contributed by atoms with Gasteiger partial charge in [0, 0.05) is 6.54 Å². The number of anilines is 3. The molecule has 0 radical (unpaired) electrons. The van der Waals surface area contributed by atoms with Gasteiger partial charge in [-0.3, -0.25) is 14.6 Å². The highest BCUT2D eigenvalue weighted by molar-refractivity contribution is 5.76. The SMILES string of the molecule is C[C@H](OC(=O)[C@@H]1CCCN1)[C@H](O)C1CNc2nc(N)[nH]c(=O)c2N1. The van der Waals surface area contributed by atoms with Crippen molar-refractivity contribution in [3.05, 3.63) is 10.4 Å². The van der Waals surface area contributed by atoms with Crippen LogP contribution in [0.15, 0.2) is 4.79 Å². The van der Waals surface area contributed by atoms with Gasteiger partial charge in [0.05, 0.1) is 6.04 Å². The van der Waals surface area contributed by atoms with Crippen LogP contribution in [0.2, 0.25) is 0 Å². The zero-order valence-corrected chi connectivity index (χ0v) is 13.3. The molecule has 0 bridgehead atoms. The molecule has 1 saturated heterocycles. The Labute approximate surface area is 138 Å². The van der Waals surface area contributed by atoms with Crippen LogP contribution in [0, 0.1) is 0 Å². The maximum atomic E-state index is 12.0. The molecule has 7 N–H and O–H groups in total. The lowest BCUT2D eigenvalue weighted by atomic mass is 10.0. The minimum atomic E-state index is -0.993. The van der Waals surface area contributed by atoms with Gasteiger partial charge in [0.1, 0.15) is 23.9 Å². The fourth-order valence-electron chi connectivity index (χ4n) is 2.95. The zero-order valence-electron chi connectivity index (χ0n) is 13.3. The summed E-state index contributed by atoms with van der Waals surface area (Å²) in [6.07, 6.45) is -0.0455. The first-order valence-corrected chi connectivity index (χ1v) is 7.98. The number of nitrogens with two attached hydrogens (primary N) is 1. The van der Waals surface area contributed by atoms with Gasteiger partial charge in [0.15, 0.2) is 5.82 Å². The number of hydrogen-bond donors (Lipinski definition) is 6. The lowest BCUT2D eigenvalue weighted by molar-refractivity contribution is -0.156. The van der Waals surface area contributed by atoms with E-state index in [0.29, 0.717) is 12.4 Å². The Morgan fingerprint density at radius 3 is 3.00 bits per heavy atom. The molecule has 1 aromatic heterocycles. The van der Waals surface area contributed by atoms with Gasteiger partial charge < -0.3 is 31.5 Å². The average Bonchev–Trinajstić information content (AvgIpc) is 3.08. The van der Waals surface area contributed by atoms with Crippen LogP contribution in [-0.2, 0) is 9.53 Å². The molecule has 0 aliphatic carbocycles. The highest BCUT2D eigenvalue weighted by atomic mass is 16.6. The van der Waals surface area contributed by atoms with Crippen molar-refractivity contribution in [1.82, 2.24) is 15.3 Å². The third-order valence-electron chi connectivity index (χ3n) is 4.30. The van der Waals surface area contributed by atoms with Crippen molar-refractivity contribution in [3.63, 3.8) is 0 Å². The van der Waals surface area contributed by atoms with E-state index in [1.165, 1.54) is 0 Å². The number of aliphatic hydroxyl groups is 1. The van der Waals surface area contributed by atoms with Crippen molar-refractivity contribution in [2.24, 2.45) is 0 Å². The quantitative estimate of drug-likeness (QED) is 0.364. The minimum absolute atomic E-state index is 0.0124. The number of H-pyrrole nitrogens is 1. The number of fused-ring (bicyclic) bond motifs is 1. The molecule has 132 valence electrons. The molecule has 24 heavy (non-hydrogen) atoms. The third kappa shape index (κ3) is 3.29. The summed E-state index contributed by atoms with van der Waals surface area (Å²) in [7, 11) is 0. The predicted molar refractivity (Wildman–Crippen MR) is 87.8 cm³/mol. The molecule has 0 spiro atoms. The number of ether oxygens (including phenoxy) is 1. The van der Waals surface area contributed by atoms with Gasteiger partial charge in [-0.25, -0.2) is 0 Å². The summed E-state index contributed by atoms with van der Waals surface area (Å²) in [5.41, 5.74) is 5.27. The van der Waals surface area contributed by atoms with Crippen LogP contribution in [0.4, 0.5) is 17.5 Å². The number of carbonyl (C=O) groups excluding carboxylic acids is 1. The monoisotopic (exact) mass is 338 g/mol. The van der Waals surface area contributed by atoms with E-state index in [-0.39, 0.29) is 23.6 Å². The molecule has 3 heterocycles. The first kappa shape index (κ1) is 16.5. The van der Waals surface area contributed by atoms with Crippen LogP contribution in [0.3, 0.4) is 0 Å². The van der Waals surface area contributed by atoms with Gasteiger partial charge >= 0.3 is 5.97 Å². The van der Waals surface area contributed by atoms with Gasteiger partial charge in [-0.1, -0.05) is 0 Å². The minimum Gasteiger partial charge on any atom is -0.459 e. The Morgan fingerprint density at radius 2 is 2.29 bits per heavy atom. The normalized spacial score (nSPS) is 25.1. The van der Waals surface area contributed by atoms with Gasteiger partial charge in [0.25, 0.3) is 5.56 Å². The second kappa shape index (κ2) is 6.65. The van der Waals surface area contributed by atoms with Gasteiger partial charge in [-0.2, -0.15) is 4.98 Å². The molecular formula is C14H22N6O4. The van der Waals surface area contributed by atoms with E-state index >= 15 is 0 Å². The van der Waals surface area contributed by atoms with E-state index in [2.05, 4.69) is 25.9 Å². The van der Waals surface area contributed by atoms with Crippen molar-refractivity contribution >= 4 is 23.4 Å². The molecule has 0 amide bonds. The van der Waals surface area contributed by atoms with Crippen molar-refractivity contribution in [2.45, 2.75) is 44.1 Å². The predicted octanol–water partition coefficient (Wildman–Crippen LogP) is -1.40. The van der Waals surface area contributed by atoms with E-state index < -0.39 is 23.8 Å². The molecule has 4 atom stereocenters. The molecule has 3 rings (SSSR count). The highest BCUT2D eigenvalue weighted by Gasteiger charge is 2.33. The van der Waals surface area contributed by atoms with Gasteiger partial charge in [0.2, 0.25) is 5.95 Å². The van der Waals surface area contributed by atoms with E-state index in [1.807, 2.05) is 0 Å². The molecule has 0 aromatic carbocycles. The van der Waals surface area contributed by atoms with Crippen LogP contribution in [-0.4, -0.2) is 58.4 Å². The Hall–Kier alpha value is -2.33. The second-order valence-electron chi connectivity index (χ2n) is 6.09. The van der Waals surface area contributed by atoms with E-state index in [9.17, 15) is 14.7 Å². The van der Waals surface area contributed by atoms with Crippen LogP contribution < -0.4 is 27.2 Å². The smallest absolute Gasteiger partial charge is 0.323 e. The lowest BCUT2D eigenvalue weighted by Crippen LogP contribution is -2.50. The molecule has 2 aliphatic heterocycles. The fourth-order valence-corrected chi connectivity index (χ4v) is 2.95. The topological polar surface area (TPSA) is 154 Å². The zero-order chi connectivity index (χ0) is 17.3. The Kier molecular flexibility index (Phi) is 4.58. The summed E-state index contributed by atoms with van der Waals surface area (Å²) >= 11 is 0. The molecule has 1 unspecified atom stereocenters. The maximum Gasteiger partial charge on any atom is 0.323 e. The van der Waals surface area contributed by atoms with Gasteiger partial charge in [-0.05, 0) is 26.3 Å². The Balaban J connectivity index is 1.63. The number of carbonyl (C=O) groups is 1. The first-order valence-electron chi connectivity index (χ1n) is 7.98. The van der Waals surface area contributed by atoms with Crippen LogP contribution in [0.1, 0.15) is 19.8 Å². The molecule has 2 aliphatic rings. The van der Waals surface area contributed by atoms with E-state index in [1.54, 1.807) is 6.92 Å². The summed E-state index contributed by atoms with van der Waals surface area (Å²) < 4.78 is 5.35. The summed E-state index contributed by atoms with van der Waals surface area (Å²) in [5.74, 6) is -0.0200. The number of nitrogen functional groups attached to an aromatic ring is 1. The first-order chi connectivity index (χ1) is 11.5. The molecule has 10 heteroatoms. The summed E-state index contributed by atoms with van der Waals surface area (Å²) in [6, 6.07) is -0.823. The van der Waals surface area contributed by atoms with Crippen molar-refractivity contribution in [3.8, 4) is 0 Å². The molecule has 1 fully saturated rings. The largest absolute Gasteiger partial charge is 0.459 e. The van der Waals surface area contributed by atoms with Crippen molar-refractivity contribution in [2.75, 3.05) is 29.5 Å². The Morgan fingerprint density at radius 1 is 1.50 bits per heavy atom. The molecule has 1 aromatic rings. The fraction of sp³-hybridized carbons (Fsp3) is 0.643. The van der Waals surface area contributed by atoms with Crippen LogP contribution in [0.5, 0.6) is 0 Å². The number of hydrogen-bond acceptors (Lipinski definition) is 9. The number of nitrogens with one attached hydrogen (secondary N) is 4. The second-order valence-corrected chi connectivity index (χ2v) is 6.09. The highest BCUT2D eigenvalue weighted by Crippen LogP contribution is 2.22. The number of aromatic amines is 1. The van der Waals surface area contributed by atoms with E-state index in [0.717, 1.165) is 19.4 Å². The molecule has 10 nitrogen and oxygen atoms in total. The third-order valence-corrected chi connectivity index (χ3v) is 4.30. The van der Waals surface area contributed by atoms with Gasteiger partial charge in [-0.15, -0.1) is 0 Å². The lowest BCUT2D eigenvalue weighted by Gasteiger charge is -2.33. The molecular weight excluding hydrogens is 316 g/mol. The van der Waals surface area contributed by atoms with Crippen LogP contribution >= 0.6 is 0 Å². The molecule has 0 saturated carbocycles. The standard InChI is InChI=1S/C14H22N6O4/c1-6(24-13(23)7-3-2-4-16-7)10(21)8-5-17-11-9(18-8)12(22)20-14(15)19-11/h6-8,10,16,18,21H,2-5H2,1H3,(H4,15,17,19,20,22)/t6-,7-,8?,10-/m0/s1. The Bertz CT molecular complexity index is 672. The number of rotatable bonds is 4. The maximum absolute atomic E-state index is 12.0. The average molecular weight is 338 g/mol. The van der Waals surface area contributed by atoms with Crippen LogP contribution in [0.25, 0.3) is 0 Å². The number of esters is 1. The number of aromatic nitrogens is 2. The summed E-state index contributed by atoms with van der Waals surface area (Å²) in [4.78, 5) is 30.3. The van der Waals surface area contributed by atoms with Crippen molar-refractivity contribution < 1.29 is 14.6 Å². The number of nitrogens with zero attached hydrogens (tertiary/aromatic N) is 1. The summed E-state index contributed by atoms with van der Waals surface area (Å²) in [6.45, 7) is 2.73. The van der Waals surface area contributed by atoms with E-state index in [4.69, 9.17) is 10.5 Å².